The van der Waals surface area contributed by atoms with E-state index in [0.717, 1.165) is 5.56 Å². The Kier molecular flexibility index (Phi) is 8.81. The number of hydrogen-bond acceptors (Lipinski definition) is 10. The smallest absolute Gasteiger partial charge is 0.459 e. The van der Waals surface area contributed by atoms with E-state index in [-0.39, 0.29) is 30.5 Å². The van der Waals surface area contributed by atoms with Crippen LogP contribution in [0.4, 0.5) is 4.79 Å². The van der Waals surface area contributed by atoms with Crippen LogP contribution in [-0.4, -0.2) is 33.7 Å². The second-order valence-electron chi connectivity index (χ2n) is 6.89. The third-order valence-corrected chi connectivity index (χ3v) is 5.38. The molecular weight excluding hydrogens is 446 g/mol. The number of hydrogen-bond donors (Lipinski definition) is 2. The first-order chi connectivity index (χ1) is 14.6. The Morgan fingerprint density at radius 1 is 1.13 bits per heavy atom. The summed E-state index contributed by atoms with van der Waals surface area (Å²) in [6.45, 7) is 4.25. The van der Waals surface area contributed by atoms with Gasteiger partial charge in [-0.2, -0.15) is 12.6 Å². The molecule has 2 rings (SSSR count). The lowest BCUT2D eigenvalue weighted by Gasteiger charge is -2.24. The van der Waals surface area contributed by atoms with E-state index in [9.17, 15) is 19.2 Å². The second-order valence-corrected chi connectivity index (χ2v) is 8.81. The van der Waals surface area contributed by atoms with E-state index in [1.54, 1.807) is 0 Å². The predicted molar refractivity (Wildman–Crippen MR) is 116 cm³/mol. The molecule has 1 aromatic heterocycles. The highest BCUT2D eigenvalue weighted by molar-refractivity contribution is 8.15. The zero-order valence-electron chi connectivity index (χ0n) is 17.2. The molecule has 1 atom stereocenters. The summed E-state index contributed by atoms with van der Waals surface area (Å²) >= 11 is 4.72. The van der Waals surface area contributed by atoms with Crippen LogP contribution in [0.15, 0.2) is 44.0 Å². The molecule has 0 spiro atoms. The van der Waals surface area contributed by atoms with E-state index < -0.39 is 33.8 Å². The molecule has 0 aliphatic heterocycles. The third kappa shape index (κ3) is 7.51. The number of thioether (sulfide) groups is 1. The van der Waals surface area contributed by atoms with E-state index in [1.165, 1.54) is 20.8 Å². The summed E-state index contributed by atoms with van der Waals surface area (Å²) in [4.78, 5) is 48.0. The van der Waals surface area contributed by atoms with Crippen molar-refractivity contribution in [3.05, 3.63) is 58.0 Å². The number of esters is 1. The molecule has 11 heteroatoms. The molecule has 0 aliphatic rings. The van der Waals surface area contributed by atoms with Crippen molar-refractivity contribution in [1.29, 1.82) is 0 Å². The van der Waals surface area contributed by atoms with E-state index in [2.05, 4.69) is 22.4 Å². The predicted octanol–water partition coefficient (Wildman–Crippen LogP) is 2.85. The number of thiol groups is 1. The number of ether oxygens (including phenoxy) is 2. The molecule has 0 unspecified atom stereocenters. The average molecular weight is 470 g/mol. The lowest BCUT2D eigenvalue weighted by atomic mass is 10.2. The van der Waals surface area contributed by atoms with Crippen molar-refractivity contribution in [2.24, 2.45) is 0 Å². The van der Waals surface area contributed by atoms with Gasteiger partial charge in [-0.25, -0.2) is 14.4 Å². The van der Waals surface area contributed by atoms with Gasteiger partial charge in [0.15, 0.2) is 18.1 Å². The Morgan fingerprint density at radius 2 is 1.81 bits per heavy atom. The maximum absolute atomic E-state index is 12.6. The van der Waals surface area contributed by atoms with Crippen LogP contribution in [0.1, 0.15) is 30.9 Å². The van der Waals surface area contributed by atoms with Gasteiger partial charge in [-0.15, -0.1) is 0 Å². The fraction of sp³-hybridized carbons (Fsp3) is 0.400. The zero-order chi connectivity index (χ0) is 23.0. The minimum absolute atomic E-state index is 0.0172. The van der Waals surface area contributed by atoms with E-state index in [4.69, 9.17) is 13.9 Å². The molecule has 1 N–H and O–H groups in total. The summed E-state index contributed by atoms with van der Waals surface area (Å²) in [5.74, 6) is -1.81. The third-order valence-electron chi connectivity index (χ3n) is 4.04. The van der Waals surface area contributed by atoms with E-state index in [0.29, 0.717) is 11.8 Å². The van der Waals surface area contributed by atoms with Crippen LogP contribution in [0.25, 0.3) is 0 Å². The molecule has 1 amide bonds. The quantitative estimate of drug-likeness (QED) is 0.421. The van der Waals surface area contributed by atoms with Crippen molar-refractivity contribution < 1.29 is 32.7 Å². The van der Waals surface area contributed by atoms with Crippen LogP contribution in [-0.2, 0) is 32.3 Å². The van der Waals surface area contributed by atoms with Crippen LogP contribution in [0, 0.1) is 6.92 Å². The highest BCUT2D eigenvalue weighted by Gasteiger charge is 2.35. The molecule has 2 aromatic rings. The maximum atomic E-state index is 12.6. The highest BCUT2D eigenvalue weighted by Crippen LogP contribution is 2.27. The van der Waals surface area contributed by atoms with Gasteiger partial charge in [0.05, 0.1) is 4.75 Å². The zero-order valence-corrected chi connectivity index (χ0v) is 18.9. The molecule has 0 bridgehead atoms. The number of carbonyl (C=O) groups excluding carboxylic acids is 3. The van der Waals surface area contributed by atoms with Gasteiger partial charge in [0.2, 0.25) is 5.91 Å². The SMILES string of the molecule is Cc1oc(=O)oc1COC(=O)SC(C)(C)C(=O)N[C@@H](CS)C(=O)OCc1ccccc1. The molecule has 1 heterocycles. The van der Waals surface area contributed by atoms with Crippen LogP contribution >= 0.6 is 24.4 Å². The first-order valence-corrected chi connectivity index (χ1v) is 10.6. The Bertz CT molecular complexity index is 967. The van der Waals surface area contributed by atoms with E-state index >= 15 is 0 Å². The standard InChI is InChI=1S/C20H23NO8S2/c1-12-15(29-18(24)28-12)10-27-19(25)31-20(2,3)17(23)21-14(11-30)16(22)26-9-13-7-5-4-6-8-13/h4-8,14,30H,9-11H2,1-3H3,(H,21,23)/t14-/m0/s1. The molecule has 0 fully saturated rings. The molecule has 0 saturated carbocycles. The van der Waals surface area contributed by atoms with E-state index in [1.807, 2.05) is 30.3 Å². The van der Waals surface area contributed by atoms with Gasteiger partial charge in [0, 0.05) is 5.75 Å². The number of nitrogens with one attached hydrogen (secondary N) is 1. The molecule has 9 nitrogen and oxygen atoms in total. The topological polar surface area (TPSA) is 125 Å². The van der Waals surface area contributed by atoms with Gasteiger partial charge in [0.25, 0.3) is 0 Å². The van der Waals surface area contributed by atoms with Gasteiger partial charge in [-0.05, 0) is 38.1 Å². The minimum Gasteiger partial charge on any atom is -0.459 e. The average Bonchev–Trinajstić information content (AvgIpc) is 3.05. The summed E-state index contributed by atoms with van der Waals surface area (Å²) in [5, 5.41) is 1.78. The number of benzene rings is 1. The Hall–Kier alpha value is -2.66. The van der Waals surface area contributed by atoms with Crippen molar-refractivity contribution in [3.63, 3.8) is 0 Å². The van der Waals surface area contributed by atoms with Crippen molar-refractivity contribution in [2.75, 3.05) is 5.75 Å². The van der Waals surface area contributed by atoms with Crippen molar-refractivity contribution in [3.8, 4) is 0 Å². The lowest BCUT2D eigenvalue weighted by molar-refractivity contribution is -0.148. The first kappa shape index (κ1) is 24.6. The van der Waals surface area contributed by atoms with Crippen LogP contribution in [0.3, 0.4) is 0 Å². The number of aryl methyl sites for hydroxylation is 1. The summed E-state index contributed by atoms with van der Waals surface area (Å²) in [5.41, 5.74) is 0.808. The Labute approximate surface area is 188 Å². The molecule has 0 saturated heterocycles. The van der Waals surface area contributed by atoms with Gasteiger partial charge < -0.3 is 23.6 Å². The number of carbonyl (C=O) groups is 3. The fourth-order valence-corrected chi connectivity index (χ4v) is 3.18. The normalized spacial score (nSPS) is 12.1. The van der Waals surface area contributed by atoms with Crippen molar-refractivity contribution >= 4 is 41.6 Å². The maximum Gasteiger partial charge on any atom is 0.519 e. The number of amides is 1. The monoisotopic (exact) mass is 469 g/mol. The number of rotatable bonds is 9. The van der Waals surface area contributed by atoms with Crippen LogP contribution in [0.5, 0.6) is 0 Å². The van der Waals surface area contributed by atoms with Gasteiger partial charge in [-0.3, -0.25) is 4.79 Å². The second kappa shape index (κ2) is 11.1. The molecule has 0 radical (unpaired) electrons. The largest absolute Gasteiger partial charge is 0.519 e. The Balaban J connectivity index is 1.86. The summed E-state index contributed by atoms with van der Waals surface area (Å²) in [6, 6.07) is 8.12. The molecule has 168 valence electrons. The van der Waals surface area contributed by atoms with Crippen molar-refractivity contribution in [2.45, 2.75) is 44.8 Å². The minimum atomic E-state index is -1.26. The molecule has 31 heavy (non-hydrogen) atoms. The molecule has 1 aromatic carbocycles. The fourth-order valence-electron chi connectivity index (χ4n) is 2.26. The molecular formula is C20H23NO8S2. The van der Waals surface area contributed by atoms with Crippen LogP contribution in [0.2, 0.25) is 0 Å². The summed E-state index contributed by atoms with van der Waals surface area (Å²) in [6.07, 6.45) is 0. The van der Waals surface area contributed by atoms with Crippen LogP contribution < -0.4 is 11.1 Å². The molecule has 0 aliphatic carbocycles. The Morgan fingerprint density at radius 3 is 2.39 bits per heavy atom. The van der Waals surface area contributed by atoms with Gasteiger partial charge >= 0.3 is 17.1 Å². The lowest BCUT2D eigenvalue weighted by Crippen LogP contribution is -2.50. The van der Waals surface area contributed by atoms with Gasteiger partial charge in [0.1, 0.15) is 12.6 Å². The summed E-state index contributed by atoms with van der Waals surface area (Å²) < 4.78 is 18.4. The first-order valence-electron chi connectivity index (χ1n) is 9.20. The van der Waals surface area contributed by atoms with Crippen molar-refractivity contribution in [1.82, 2.24) is 5.32 Å². The summed E-state index contributed by atoms with van der Waals surface area (Å²) in [7, 11) is 0. The van der Waals surface area contributed by atoms with Gasteiger partial charge in [-0.1, -0.05) is 30.3 Å². The highest BCUT2D eigenvalue weighted by atomic mass is 32.2.